The van der Waals surface area contributed by atoms with Gasteiger partial charge in [0.1, 0.15) is 11.3 Å². The number of aromatic nitrogens is 2. The normalized spacial score (nSPS) is 11.2. The van der Waals surface area contributed by atoms with Crippen LogP contribution in [-0.2, 0) is 0 Å². The third-order valence-corrected chi connectivity index (χ3v) is 4.84. The highest BCUT2D eigenvalue weighted by Gasteiger charge is 2.21. The molecule has 0 saturated heterocycles. The van der Waals surface area contributed by atoms with Crippen molar-refractivity contribution < 1.29 is 0 Å². The monoisotopic (exact) mass is 344 g/mol. The summed E-state index contributed by atoms with van der Waals surface area (Å²) in [5.74, 6) is 0.758. The first-order valence-corrected chi connectivity index (χ1v) is 7.30. The fourth-order valence-corrected chi connectivity index (χ4v) is 3.14. The van der Waals surface area contributed by atoms with E-state index in [0.717, 1.165) is 11.5 Å². The van der Waals surface area contributed by atoms with E-state index in [0.29, 0.717) is 21.1 Å². The molecule has 0 atom stereocenters. The predicted octanol–water partition coefficient (Wildman–Crippen LogP) is 5.95. The second-order valence-corrected chi connectivity index (χ2v) is 5.79. The van der Waals surface area contributed by atoms with Crippen LogP contribution in [0, 0.1) is 6.92 Å². The molecule has 0 radical (unpaired) electrons. The van der Waals surface area contributed by atoms with Crippen molar-refractivity contribution in [1.29, 1.82) is 0 Å². The van der Waals surface area contributed by atoms with Gasteiger partial charge in [-0.2, -0.15) is 0 Å². The highest BCUT2D eigenvalue weighted by atomic mass is 35.5. The maximum absolute atomic E-state index is 6.34. The van der Waals surface area contributed by atoms with Crippen LogP contribution in [0.2, 0.25) is 20.1 Å². The van der Waals surface area contributed by atoms with E-state index < -0.39 is 0 Å². The van der Waals surface area contributed by atoms with E-state index in [4.69, 9.17) is 46.4 Å². The molecule has 0 aliphatic rings. The van der Waals surface area contributed by atoms with Crippen LogP contribution in [0.1, 0.15) is 5.82 Å². The molecule has 0 aliphatic heterocycles. The SMILES string of the molecule is Cc1nc2c(Cl)c(Cl)c(Cl)c(Cl)c2n1-c1ccccc1. The highest BCUT2D eigenvalue weighted by Crippen LogP contribution is 2.43. The molecule has 0 bridgehead atoms. The van der Waals surface area contributed by atoms with Crippen molar-refractivity contribution in [3.05, 3.63) is 56.2 Å². The lowest BCUT2D eigenvalue weighted by Crippen LogP contribution is -1.97. The second kappa shape index (κ2) is 5.12. The Hall–Kier alpha value is -0.930. The molecule has 3 rings (SSSR count). The van der Waals surface area contributed by atoms with Crippen molar-refractivity contribution in [3.63, 3.8) is 0 Å². The van der Waals surface area contributed by atoms with E-state index in [1.54, 1.807) is 0 Å². The Morgan fingerprint density at radius 1 is 0.850 bits per heavy atom. The minimum absolute atomic E-state index is 0.226. The van der Waals surface area contributed by atoms with E-state index in [9.17, 15) is 0 Å². The third kappa shape index (κ3) is 1.99. The van der Waals surface area contributed by atoms with Crippen LogP contribution >= 0.6 is 46.4 Å². The molecular formula is C14H8Cl4N2. The fraction of sp³-hybridized carbons (Fsp3) is 0.0714. The van der Waals surface area contributed by atoms with Crippen LogP contribution in [0.3, 0.4) is 0 Å². The summed E-state index contributed by atoms with van der Waals surface area (Å²) in [6, 6.07) is 9.74. The van der Waals surface area contributed by atoms with Gasteiger partial charge in [0, 0.05) is 5.69 Å². The summed E-state index contributed by atoms with van der Waals surface area (Å²) in [5.41, 5.74) is 2.14. The van der Waals surface area contributed by atoms with E-state index >= 15 is 0 Å². The average Bonchev–Trinajstić information content (AvgIpc) is 2.81. The van der Waals surface area contributed by atoms with Gasteiger partial charge in [0.2, 0.25) is 0 Å². The minimum Gasteiger partial charge on any atom is -0.295 e. The molecule has 1 aromatic heterocycles. The zero-order valence-corrected chi connectivity index (χ0v) is 13.3. The smallest absolute Gasteiger partial charge is 0.111 e. The number of halogens is 4. The summed E-state index contributed by atoms with van der Waals surface area (Å²) < 4.78 is 1.91. The molecule has 0 unspecified atom stereocenters. The molecule has 102 valence electrons. The average molecular weight is 346 g/mol. The molecule has 1 heterocycles. The number of hydrogen-bond acceptors (Lipinski definition) is 1. The van der Waals surface area contributed by atoms with Crippen molar-refractivity contribution in [2.24, 2.45) is 0 Å². The highest BCUT2D eigenvalue weighted by molar-refractivity contribution is 6.55. The zero-order valence-electron chi connectivity index (χ0n) is 10.3. The number of fused-ring (bicyclic) bond motifs is 1. The van der Waals surface area contributed by atoms with Gasteiger partial charge >= 0.3 is 0 Å². The molecule has 0 fully saturated rings. The summed E-state index contributed by atoms with van der Waals surface area (Å²) in [6.07, 6.45) is 0. The predicted molar refractivity (Wildman–Crippen MR) is 85.8 cm³/mol. The Labute approximate surface area is 135 Å². The van der Waals surface area contributed by atoms with Gasteiger partial charge in [-0.05, 0) is 19.1 Å². The molecule has 0 spiro atoms. The third-order valence-electron chi connectivity index (χ3n) is 3.05. The summed E-state index contributed by atoms with van der Waals surface area (Å²) in [4.78, 5) is 4.46. The van der Waals surface area contributed by atoms with E-state index in [1.165, 1.54) is 0 Å². The van der Waals surface area contributed by atoms with Gasteiger partial charge in [0.05, 0.1) is 25.6 Å². The molecular weight excluding hydrogens is 338 g/mol. The Kier molecular flexibility index (Phi) is 3.59. The van der Waals surface area contributed by atoms with Gasteiger partial charge in [-0.1, -0.05) is 64.6 Å². The minimum atomic E-state index is 0.226. The lowest BCUT2D eigenvalue weighted by Gasteiger charge is -2.09. The van der Waals surface area contributed by atoms with Crippen LogP contribution in [0.5, 0.6) is 0 Å². The number of para-hydroxylation sites is 1. The van der Waals surface area contributed by atoms with Crippen molar-refractivity contribution in [1.82, 2.24) is 9.55 Å². The largest absolute Gasteiger partial charge is 0.295 e. The summed E-state index contributed by atoms with van der Waals surface area (Å²) >= 11 is 24.8. The molecule has 0 saturated carbocycles. The maximum atomic E-state index is 6.34. The van der Waals surface area contributed by atoms with Gasteiger partial charge < -0.3 is 0 Å². The van der Waals surface area contributed by atoms with Crippen molar-refractivity contribution in [2.75, 3.05) is 0 Å². The van der Waals surface area contributed by atoms with Crippen LogP contribution < -0.4 is 0 Å². The Balaban J connectivity index is 2.49. The lowest BCUT2D eigenvalue weighted by molar-refractivity contribution is 1.00. The topological polar surface area (TPSA) is 17.8 Å². The van der Waals surface area contributed by atoms with Gasteiger partial charge in [0.15, 0.2) is 0 Å². The molecule has 3 aromatic rings. The zero-order chi connectivity index (χ0) is 14.4. The maximum Gasteiger partial charge on any atom is 0.111 e. The Bertz CT molecular complexity index is 809. The summed E-state index contributed by atoms with van der Waals surface area (Å²) in [7, 11) is 0. The number of hydrogen-bond donors (Lipinski definition) is 0. The Morgan fingerprint density at radius 2 is 1.45 bits per heavy atom. The van der Waals surface area contributed by atoms with Gasteiger partial charge in [-0.3, -0.25) is 4.57 Å². The van der Waals surface area contributed by atoms with Crippen LogP contribution in [-0.4, -0.2) is 9.55 Å². The number of imidazole rings is 1. The van der Waals surface area contributed by atoms with Crippen molar-refractivity contribution in [2.45, 2.75) is 6.92 Å². The van der Waals surface area contributed by atoms with Gasteiger partial charge in [-0.25, -0.2) is 4.98 Å². The number of benzene rings is 2. The van der Waals surface area contributed by atoms with E-state index in [1.807, 2.05) is 41.8 Å². The second-order valence-electron chi connectivity index (χ2n) is 4.28. The molecule has 0 amide bonds. The Morgan fingerprint density at radius 3 is 2.10 bits per heavy atom. The first-order valence-electron chi connectivity index (χ1n) is 5.78. The molecule has 0 aliphatic carbocycles. The lowest BCUT2D eigenvalue weighted by atomic mass is 10.2. The molecule has 20 heavy (non-hydrogen) atoms. The van der Waals surface area contributed by atoms with Gasteiger partial charge in [0.25, 0.3) is 0 Å². The standard InChI is InChI=1S/C14H8Cl4N2/c1-7-19-13-11(17)9(15)10(16)12(18)14(13)20(7)8-5-3-2-4-6-8/h2-6H,1H3. The summed E-state index contributed by atoms with van der Waals surface area (Å²) in [5, 5.41) is 1.13. The first-order chi connectivity index (χ1) is 9.52. The quantitative estimate of drug-likeness (QED) is 0.393. The summed E-state index contributed by atoms with van der Waals surface area (Å²) in [6.45, 7) is 1.88. The van der Waals surface area contributed by atoms with Crippen LogP contribution in [0.25, 0.3) is 16.7 Å². The number of nitrogens with zero attached hydrogens (tertiary/aromatic N) is 2. The molecule has 0 N–H and O–H groups in total. The van der Waals surface area contributed by atoms with E-state index in [-0.39, 0.29) is 10.0 Å². The molecule has 2 aromatic carbocycles. The van der Waals surface area contributed by atoms with E-state index in [2.05, 4.69) is 4.98 Å². The molecule has 2 nitrogen and oxygen atoms in total. The van der Waals surface area contributed by atoms with Crippen molar-refractivity contribution >= 4 is 57.4 Å². The van der Waals surface area contributed by atoms with Crippen LogP contribution in [0.4, 0.5) is 0 Å². The molecule has 6 heteroatoms. The fourth-order valence-electron chi connectivity index (χ4n) is 2.18. The van der Waals surface area contributed by atoms with Gasteiger partial charge in [-0.15, -0.1) is 0 Å². The number of rotatable bonds is 1. The first kappa shape index (κ1) is 14.0. The van der Waals surface area contributed by atoms with Crippen LogP contribution in [0.15, 0.2) is 30.3 Å². The number of aryl methyl sites for hydroxylation is 1. The van der Waals surface area contributed by atoms with Crippen molar-refractivity contribution in [3.8, 4) is 5.69 Å².